The minimum absolute atomic E-state index is 0.112. The largest absolute Gasteiger partial charge is 0.135 e. The van der Waals surface area contributed by atoms with E-state index in [1.807, 2.05) is 11.3 Å². The van der Waals surface area contributed by atoms with E-state index < -0.39 is 0 Å². The lowest BCUT2D eigenvalue weighted by Crippen LogP contribution is -2.18. The molecule has 0 fully saturated rings. The van der Waals surface area contributed by atoms with E-state index in [1.165, 1.54) is 37.2 Å². The zero-order valence-electron chi connectivity index (χ0n) is 17.5. The first-order valence-electron chi connectivity index (χ1n) is 10.4. The number of fused-ring (bicyclic) bond motifs is 2. The Morgan fingerprint density at radius 3 is 2.62 bits per heavy atom. The predicted octanol–water partition coefficient (Wildman–Crippen LogP) is 8.35. The first-order valence-corrected chi connectivity index (χ1v) is 11.2. The fourth-order valence-electron chi connectivity index (χ4n) is 4.13. The third-order valence-electron chi connectivity index (χ3n) is 5.68. The molecule has 2 aromatic carbocycles. The van der Waals surface area contributed by atoms with Crippen LogP contribution in [0.15, 0.2) is 85.0 Å². The molecule has 0 spiro atoms. The second kappa shape index (κ2) is 8.39. The average molecular weight is 397 g/mol. The molecule has 0 saturated carbocycles. The predicted molar refractivity (Wildman–Crippen MR) is 131 cm³/mol. The Morgan fingerprint density at radius 2 is 1.76 bits per heavy atom. The van der Waals surface area contributed by atoms with Crippen LogP contribution in [0.2, 0.25) is 0 Å². The maximum atomic E-state index is 2.44. The van der Waals surface area contributed by atoms with Crippen molar-refractivity contribution in [1.82, 2.24) is 0 Å². The van der Waals surface area contributed by atoms with Crippen LogP contribution >= 0.6 is 11.3 Å². The monoisotopic (exact) mass is 396 g/mol. The highest BCUT2D eigenvalue weighted by atomic mass is 32.1. The van der Waals surface area contributed by atoms with Crippen LogP contribution in [0.3, 0.4) is 0 Å². The summed E-state index contributed by atoms with van der Waals surface area (Å²) in [5.74, 6) is 0. The first-order chi connectivity index (χ1) is 14.1. The highest BCUT2D eigenvalue weighted by molar-refractivity contribution is 7.20. The molecule has 3 aromatic rings. The van der Waals surface area contributed by atoms with Crippen molar-refractivity contribution in [3.63, 3.8) is 0 Å². The van der Waals surface area contributed by atoms with E-state index in [0.717, 1.165) is 12.8 Å². The van der Waals surface area contributed by atoms with Crippen LogP contribution in [-0.2, 0) is 11.8 Å². The van der Waals surface area contributed by atoms with Gasteiger partial charge in [0.05, 0.1) is 0 Å². The molecule has 0 N–H and O–H groups in total. The van der Waals surface area contributed by atoms with E-state index >= 15 is 0 Å². The van der Waals surface area contributed by atoms with E-state index in [2.05, 4.69) is 112 Å². The summed E-state index contributed by atoms with van der Waals surface area (Å²) in [4.78, 5) is 1.33. The van der Waals surface area contributed by atoms with Crippen molar-refractivity contribution in [1.29, 1.82) is 0 Å². The van der Waals surface area contributed by atoms with Gasteiger partial charge < -0.3 is 0 Å². The van der Waals surface area contributed by atoms with Crippen molar-refractivity contribution in [3.8, 4) is 0 Å². The molecule has 0 radical (unpaired) electrons. The lowest BCUT2D eigenvalue weighted by atomic mass is 9.78. The van der Waals surface area contributed by atoms with Crippen LogP contribution in [-0.4, -0.2) is 0 Å². The third kappa shape index (κ3) is 4.06. The van der Waals surface area contributed by atoms with Crippen molar-refractivity contribution >= 4 is 33.1 Å². The zero-order valence-corrected chi connectivity index (χ0v) is 18.3. The summed E-state index contributed by atoms with van der Waals surface area (Å²) in [5.41, 5.74) is 5.71. The molecule has 1 aliphatic rings. The number of hydrogen-bond donors (Lipinski definition) is 0. The quantitative estimate of drug-likeness (QED) is 0.390. The molecule has 0 saturated heterocycles. The van der Waals surface area contributed by atoms with Gasteiger partial charge in [-0.3, -0.25) is 0 Å². The van der Waals surface area contributed by atoms with Crippen LogP contribution in [0.4, 0.5) is 0 Å². The van der Waals surface area contributed by atoms with Gasteiger partial charge >= 0.3 is 0 Å². The van der Waals surface area contributed by atoms with Crippen molar-refractivity contribution in [2.24, 2.45) is 0 Å². The Kier molecular flexibility index (Phi) is 5.69. The van der Waals surface area contributed by atoms with Crippen molar-refractivity contribution in [2.45, 2.75) is 39.0 Å². The van der Waals surface area contributed by atoms with Crippen LogP contribution in [0.5, 0.6) is 0 Å². The van der Waals surface area contributed by atoms with Gasteiger partial charge in [0.2, 0.25) is 0 Å². The molecule has 4 rings (SSSR count). The molecule has 1 aliphatic carbocycles. The van der Waals surface area contributed by atoms with E-state index in [-0.39, 0.29) is 5.41 Å². The zero-order chi connectivity index (χ0) is 20.3. The molecule has 146 valence electrons. The highest BCUT2D eigenvalue weighted by Crippen LogP contribution is 2.40. The second-order valence-corrected chi connectivity index (χ2v) is 9.32. The molecule has 1 aromatic heterocycles. The van der Waals surface area contributed by atoms with E-state index in [9.17, 15) is 0 Å². The fourth-order valence-corrected chi connectivity index (χ4v) is 5.27. The average Bonchev–Trinajstić information content (AvgIpc) is 3.11. The molecule has 1 heterocycles. The van der Waals surface area contributed by atoms with Gasteiger partial charge in [0.25, 0.3) is 0 Å². The Hall–Kier alpha value is -2.64. The normalized spacial score (nSPS) is 16.6. The molecule has 0 aliphatic heterocycles. The SMILES string of the molecule is C/C=C/C=C/c1sc2ccccc2c1C1=CCC(C)(C)c2ccccc2CC=C1. The topological polar surface area (TPSA) is 0 Å². The van der Waals surface area contributed by atoms with Gasteiger partial charge in [-0.2, -0.15) is 0 Å². The standard InChI is InChI=1S/C28H28S/c1-4-5-6-18-26-27(23-15-8-10-17-25(23)29-26)22-14-11-13-21-12-7-9-16-24(21)28(2,3)20-19-22/h4-12,14-19H,13,20H2,1-3H3/b5-4+,14-11?,18-6+,22-19?. The Balaban J connectivity index is 1.85. The molecular formula is C28H28S. The molecule has 29 heavy (non-hydrogen) atoms. The summed E-state index contributed by atoms with van der Waals surface area (Å²) >= 11 is 1.88. The van der Waals surface area contributed by atoms with Crippen molar-refractivity contribution < 1.29 is 0 Å². The molecule has 0 bridgehead atoms. The van der Waals surface area contributed by atoms with Gasteiger partial charge in [0, 0.05) is 20.5 Å². The van der Waals surface area contributed by atoms with Crippen LogP contribution in [0, 0.1) is 0 Å². The van der Waals surface area contributed by atoms with Gasteiger partial charge in [0.1, 0.15) is 0 Å². The number of hydrogen-bond acceptors (Lipinski definition) is 1. The Labute approximate surface area is 178 Å². The second-order valence-electron chi connectivity index (χ2n) is 8.23. The minimum Gasteiger partial charge on any atom is -0.135 e. The Morgan fingerprint density at radius 1 is 0.966 bits per heavy atom. The van der Waals surface area contributed by atoms with Gasteiger partial charge in [0.15, 0.2) is 0 Å². The van der Waals surface area contributed by atoms with Crippen LogP contribution in [0.1, 0.15) is 48.8 Å². The summed E-state index contributed by atoms with van der Waals surface area (Å²) in [6.07, 6.45) is 17.7. The Bertz CT molecular complexity index is 1130. The van der Waals surface area contributed by atoms with Gasteiger partial charge in [-0.1, -0.05) is 92.8 Å². The van der Waals surface area contributed by atoms with E-state index in [4.69, 9.17) is 0 Å². The number of allylic oxidation sites excluding steroid dienone is 7. The number of benzene rings is 2. The molecular weight excluding hydrogens is 368 g/mol. The molecule has 0 nitrogen and oxygen atoms in total. The molecule has 0 unspecified atom stereocenters. The third-order valence-corrected chi connectivity index (χ3v) is 6.81. The molecule has 1 heteroatoms. The van der Waals surface area contributed by atoms with Crippen molar-refractivity contribution in [3.05, 3.63) is 107 Å². The summed E-state index contributed by atoms with van der Waals surface area (Å²) in [5, 5.41) is 1.35. The maximum Gasteiger partial charge on any atom is 0.0361 e. The van der Waals surface area contributed by atoms with Gasteiger partial charge in [-0.25, -0.2) is 0 Å². The molecule has 0 amide bonds. The van der Waals surface area contributed by atoms with Crippen molar-refractivity contribution in [2.75, 3.05) is 0 Å². The minimum atomic E-state index is 0.112. The smallest absolute Gasteiger partial charge is 0.0361 e. The van der Waals surface area contributed by atoms with Crippen LogP contribution in [0.25, 0.3) is 21.7 Å². The lowest BCUT2D eigenvalue weighted by Gasteiger charge is -2.26. The summed E-state index contributed by atoms with van der Waals surface area (Å²) in [6.45, 7) is 6.78. The van der Waals surface area contributed by atoms with Crippen LogP contribution < -0.4 is 0 Å². The lowest BCUT2D eigenvalue weighted by molar-refractivity contribution is 0.530. The summed E-state index contributed by atoms with van der Waals surface area (Å²) < 4.78 is 1.35. The summed E-state index contributed by atoms with van der Waals surface area (Å²) in [7, 11) is 0. The maximum absolute atomic E-state index is 2.44. The van der Waals surface area contributed by atoms with Gasteiger partial charge in [-0.15, -0.1) is 11.3 Å². The number of thiophene rings is 1. The first kappa shape index (κ1) is 19.7. The van der Waals surface area contributed by atoms with E-state index in [1.54, 1.807) is 0 Å². The molecule has 0 atom stereocenters. The fraction of sp³-hybridized carbons (Fsp3) is 0.214. The van der Waals surface area contributed by atoms with E-state index in [0.29, 0.717) is 0 Å². The van der Waals surface area contributed by atoms with Gasteiger partial charge in [-0.05, 0) is 54.0 Å². The number of rotatable bonds is 3. The highest BCUT2D eigenvalue weighted by Gasteiger charge is 2.23. The summed E-state index contributed by atoms with van der Waals surface area (Å²) in [6, 6.07) is 17.7.